The molecule has 1 aliphatic rings. The first kappa shape index (κ1) is 46.1. The van der Waals surface area contributed by atoms with E-state index in [1.807, 2.05) is 36.4 Å². The summed E-state index contributed by atoms with van der Waals surface area (Å²) in [6.45, 7) is 16.2. The molecule has 1 saturated carbocycles. The molecule has 1 aliphatic carbocycles. The largest absolute Gasteiger partial charge is 0.497 e. The molecule has 0 unspecified atom stereocenters. The Bertz CT molecular complexity index is 1530. The van der Waals surface area contributed by atoms with Crippen LogP contribution in [0.25, 0.3) is 0 Å². The van der Waals surface area contributed by atoms with Gasteiger partial charge in [0.2, 0.25) is 0 Å². The zero-order chi connectivity index (χ0) is 39.9. The molecule has 290 valence electrons. The van der Waals surface area contributed by atoms with E-state index in [4.69, 9.17) is 14.2 Å². The van der Waals surface area contributed by atoms with Crippen LogP contribution in [-0.2, 0) is 44.2 Å². The summed E-state index contributed by atoms with van der Waals surface area (Å²) in [5.41, 5.74) is 4.62. The highest BCUT2D eigenvalue weighted by molar-refractivity contribution is 5.86. The first-order valence-corrected chi connectivity index (χ1v) is 17.3. The van der Waals surface area contributed by atoms with Crippen molar-refractivity contribution in [2.24, 2.45) is 0 Å². The first-order valence-electron chi connectivity index (χ1n) is 17.3. The van der Waals surface area contributed by atoms with Gasteiger partial charge in [0.05, 0.1) is 14.2 Å². The Morgan fingerprint density at radius 3 is 1.49 bits per heavy atom. The fourth-order valence-corrected chi connectivity index (χ4v) is 5.32. The van der Waals surface area contributed by atoms with Gasteiger partial charge in [-0.1, -0.05) is 89.6 Å². The van der Waals surface area contributed by atoms with Crippen LogP contribution in [0.3, 0.4) is 0 Å². The molecule has 0 bridgehead atoms. The van der Waals surface area contributed by atoms with Crippen molar-refractivity contribution in [1.29, 1.82) is 0 Å². The number of benzene rings is 3. The molecular formula is C43H58O10. The van der Waals surface area contributed by atoms with Gasteiger partial charge in [0.1, 0.15) is 17.2 Å². The van der Waals surface area contributed by atoms with Crippen LogP contribution < -0.4 is 14.2 Å². The lowest BCUT2D eigenvalue weighted by Crippen LogP contribution is -2.30. The minimum absolute atomic E-state index is 0.00824. The van der Waals surface area contributed by atoms with Gasteiger partial charge >= 0.3 is 17.9 Å². The number of rotatable bonds is 11. The highest BCUT2D eigenvalue weighted by Gasteiger charge is 2.35. The number of ether oxygens (including phenoxy) is 7. The van der Waals surface area contributed by atoms with Crippen LogP contribution in [0.1, 0.15) is 83.4 Å². The Balaban J connectivity index is 0.000000405. The van der Waals surface area contributed by atoms with Crippen molar-refractivity contribution in [3.8, 4) is 17.2 Å². The van der Waals surface area contributed by atoms with Crippen LogP contribution in [0, 0.1) is 0 Å². The lowest BCUT2D eigenvalue weighted by Gasteiger charge is -2.38. The monoisotopic (exact) mass is 734 g/mol. The van der Waals surface area contributed by atoms with Gasteiger partial charge in [-0.3, -0.25) is 4.79 Å². The number of methoxy groups -OCH3 is 4. The highest BCUT2D eigenvalue weighted by Crippen LogP contribution is 2.45. The maximum absolute atomic E-state index is 11.1. The first-order chi connectivity index (χ1) is 25.2. The SMILES string of the molecule is C=C(C)C(=O)OCOC.C=CC(=O)OCOC.COc1ccc(C(C)(C)C)cc1.COc1ccc(C2(c3ccc(OC(C)=O)cc3)CCCCC2)cc1. The van der Waals surface area contributed by atoms with Gasteiger partial charge in [0.25, 0.3) is 0 Å². The average Bonchev–Trinajstić information content (AvgIpc) is 3.16. The molecule has 3 aromatic rings. The van der Waals surface area contributed by atoms with Crippen molar-refractivity contribution in [1.82, 2.24) is 0 Å². The van der Waals surface area contributed by atoms with E-state index in [0.717, 1.165) is 30.4 Å². The molecule has 0 spiro atoms. The van der Waals surface area contributed by atoms with Crippen LogP contribution in [0.5, 0.6) is 17.2 Å². The van der Waals surface area contributed by atoms with E-state index in [1.54, 1.807) is 21.1 Å². The zero-order valence-electron chi connectivity index (χ0n) is 33.0. The topological polar surface area (TPSA) is 116 Å². The summed E-state index contributed by atoms with van der Waals surface area (Å²) in [4.78, 5) is 31.8. The van der Waals surface area contributed by atoms with E-state index in [9.17, 15) is 14.4 Å². The van der Waals surface area contributed by atoms with Crippen LogP contribution >= 0.6 is 0 Å². The fraction of sp³-hybridized carbons (Fsp3) is 0.419. The maximum atomic E-state index is 11.1. The van der Waals surface area contributed by atoms with Gasteiger partial charge in [-0.25, -0.2) is 9.59 Å². The molecule has 0 amide bonds. The Morgan fingerprint density at radius 1 is 0.679 bits per heavy atom. The molecule has 0 aliphatic heterocycles. The molecule has 0 aromatic heterocycles. The lowest BCUT2D eigenvalue weighted by molar-refractivity contribution is -0.149. The highest BCUT2D eigenvalue weighted by atomic mass is 16.7. The Labute approximate surface area is 316 Å². The van der Waals surface area contributed by atoms with E-state index >= 15 is 0 Å². The summed E-state index contributed by atoms with van der Waals surface area (Å²) in [5, 5.41) is 0. The molecule has 0 atom stereocenters. The molecule has 1 fully saturated rings. The van der Waals surface area contributed by atoms with Crippen LogP contribution in [0.2, 0.25) is 0 Å². The summed E-state index contributed by atoms with van der Waals surface area (Å²) in [7, 11) is 6.27. The summed E-state index contributed by atoms with van der Waals surface area (Å²) in [5.74, 6) is 1.24. The summed E-state index contributed by atoms with van der Waals surface area (Å²) < 4.78 is 33.3. The van der Waals surface area contributed by atoms with Crippen molar-refractivity contribution in [2.45, 2.75) is 77.6 Å². The second-order valence-electron chi connectivity index (χ2n) is 13.2. The van der Waals surface area contributed by atoms with Crippen LogP contribution in [-0.4, -0.2) is 59.9 Å². The summed E-state index contributed by atoms with van der Waals surface area (Å²) in [6, 6.07) is 24.7. The number of hydrogen-bond acceptors (Lipinski definition) is 10. The number of esters is 3. The molecular weight excluding hydrogens is 676 g/mol. The molecule has 3 aromatic carbocycles. The molecule has 53 heavy (non-hydrogen) atoms. The normalized spacial score (nSPS) is 12.7. The Morgan fingerprint density at radius 2 is 1.11 bits per heavy atom. The number of hydrogen-bond donors (Lipinski definition) is 0. The third-order valence-corrected chi connectivity index (χ3v) is 8.12. The molecule has 10 heteroatoms. The molecule has 10 nitrogen and oxygen atoms in total. The molecule has 0 saturated heterocycles. The summed E-state index contributed by atoms with van der Waals surface area (Å²) >= 11 is 0. The lowest BCUT2D eigenvalue weighted by atomic mass is 9.65. The van der Waals surface area contributed by atoms with E-state index < -0.39 is 11.9 Å². The molecule has 0 radical (unpaired) electrons. The third kappa shape index (κ3) is 17.0. The average molecular weight is 735 g/mol. The minimum atomic E-state index is -0.466. The number of carbonyl (C=O) groups is 3. The van der Waals surface area contributed by atoms with Crippen molar-refractivity contribution >= 4 is 17.9 Å². The zero-order valence-corrected chi connectivity index (χ0v) is 33.0. The van der Waals surface area contributed by atoms with E-state index in [2.05, 4.69) is 89.3 Å². The Hall–Kier alpha value is -4.93. The fourth-order valence-electron chi connectivity index (χ4n) is 5.32. The van der Waals surface area contributed by atoms with Gasteiger partial charge in [-0.05, 0) is 78.3 Å². The molecule has 0 heterocycles. The van der Waals surface area contributed by atoms with Crippen molar-refractivity contribution in [3.63, 3.8) is 0 Å². The van der Waals surface area contributed by atoms with Crippen molar-refractivity contribution < 1.29 is 47.5 Å². The third-order valence-electron chi connectivity index (χ3n) is 8.12. The standard InChI is InChI=1S/C21H24O3.C11H16O.C6H10O3.C5H8O3/c1-16(22)24-20-12-8-18(9-13-20)21(14-4-3-5-15-21)17-6-10-19(23-2)11-7-17;1-11(2,3)9-5-7-10(12-4)8-6-9;1-5(2)6(7)9-4-8-3;1-3-5(6)8-4-7-2/h6-13H,3-5,14-15H2,1-2H3;5-8H,1-4H3;1,4H2,2-3H3;3H,1,4H2,2H3. The van der Waals surface area contributed by atoms with E-state index in [1.165, 1.54) is 57.1 Å². The minimum Gasteiger partial charge on any atom is -0.497 e. The Kier molecular flexibility index (Phi) is 21.2. The van der Waals surface area contributed by atoms with Gasteiger partial charge in [0.15, 0.2) is 13.6 Å². The van der Waals surface area contributed by atoms with Crippen LogP contribution in [0.15, 0.2) is 97.6 Å². The predicted octanol–water partition coefficient (Wildman–Crippen LogP) is 8.89. The summed E-state index contributed by atoms with van der Waals surface area (Å²) in [6.07, 6.45) is 7.14. The molecule has 4 rings (SSSR count). The van der Waals surface area contributed by atoms with Gasteiger partial charge in [-0.2, -0.15) is 0 Å². The smallest absolute Gasteiger partial charge is 0.335 e. The van der Waals surface area contributed by atoms with Gasteiger partial charge in [-0.15, -0.1) is 0 Å². The van der Waals surface area contributed by atoms with E-state index in [0.29, 0.717) is 11.3 Å². The number of carbonyl (C=O) groups excluding carboxylic acids is 3. The van der Waals surface area contributed by atoms with Crippen molar-refractivity contribution in [3.05, 3.63) is 114 Å². The quantitative estimate of drug-likeness (QED) is 0.0819. The molecule has 0 N–H and O–H groups in total. The second kappa shape index (κ2) is 24.3. The van der Waals surface area contributed by atoms with Gasteiger partial charge in [0, 0.05) is 38.2 Å². The van der Waals surface area contributed by atoms with Gasteiger partial charge < -0.3 is 33.2 Å². The maximum Gasteiger partial charge on any atom is 0.335 e. The predicted molar refractivity (Wildman–Crippen MR) is 207 cm³/mol. The van der Waals surface area contributed by atoms with Crippen LogP contribution in [0.4, 0.5) is 0 Å². The van der Waals surface area contributed by atoms with E-state index in [-0.39, 0.29) is 30.4 Å². The van der Waals surface area contributed by atoms with Crippen molar-refractivity contribution in [2.75, 3.05) is 42.0 Å². The second-order valence-corrected chi connectivity index (χ2v) is 13.2.